The fraction of sp³-hybridized carbons (Fsp3) is 0.542. The molecule has 1 aromatic carbocycles. The lowest BCUT2D eigenvalue weighted by Gasteiger charge is -2.26. The molecular weight excluding hydrogens is 411 g/mol. The quantitative estimate of drug-likeness (QED) is 0.628. The molecule has 0 aliphatic carbocycles. The number of halogens is 1. The van der Waals surface area contributed by atoms with Crippen molar-refractivity contribution in [3.8, 4) is 0 Å². The average molecular weight is 445 g/mol. The summed E-state index contributed by atoms with van der Waals surface area (Å²) >= 11 is 0. The summed E-state index contributed by atoms with van der Waals surface area (Å²) in [5.74, 6) is -0.411. The first-order valence-corrected chi connectivity index (χ1v) is 11.2. The van der Waals surface area contributed by atoms with E-state index in [1.807, 2.05) is 13.8 Å². The van der Waals surface area contributed by atoms with Crippen LogP contribution in [0.15, 0.2) is 30.3 Å². The Hall–Kier alpha value is -2.74. The summed E-state index contributed by atoms with van der Waals surface area (Å²) in [6.07, 6.45) is 1.30. The Labute approximate surface area is 189 Å². The van der Waals surface area contributed by atoms with Crippen LogP contribution < -0.4 is 0 Å². The normalized spacial score (nSPS) is 17.2. The zero-order valence-corrected chi connectivity index (χ0v) is 19.4. The van der Waals surface area contributed by atoms with Crippen LogP contribution in [0.4, 0.5) is 4.39 Å². The Morgan fingerprint density at radius 2 is 2.03 bits per heavy atom. The molecule has 0 radical (unpaired) electrons. The summed E-state index contributed by atoms with van der Waals surface area (Å²) in [5.41, 5.74) is 1.76. The summed E-state index contributed by atoms with van der Waals surface area (Å²) < 4.78 is 21.7. The molecule has 2 amide bonds. The highest BCUT2D eigenvalue weighted by Gasteiger charge is 2.32. The number of nitrogens with zero attached hydrogens (tertiary/aromatic N) is 4. The van der Waals surface area contributed by atoms with E-state index in [0.29, 0.717) is 24.3 Å². The molecule has 1 aliphatic heterocycles. The first-order valence-electron chi connectivity index (χ1n) is 11.2. The molecule has 0 spiro atoms. The fourth-order valence-corrected chi connectivity index (χ4v) is 3.95. The molecule has 174 valence electrons. The second kappa shape index (κ2) is 10.7. The van der Waals surface area contributed by atoms with Gasteiger partial charge >= 0.3 is 0 Å². The van der Waals surface area contributed by atoms with E-state index in [-0.39, 0.29) is 43.2 Å². The van der Waals surface area contributed by atoms with Crippen molar-refractivity contribution in [2.75, 3.05) is 26.2 Å². The summed E-state index contributed by atoms with van der Waals surface area (Å²) in [4.78, 5) is 29.5. The number of aromatic nitrogens is 2. The van der Waals surface area contributed by atoms with Crippen LogP contribution in [0.1, 0.15) is 48.9 Å². The SMILES string of the molecule is CCCc1cc(C(=O)N2CC(=O)N(CC(C)C)C[C@@H](OCc3ccccc3F)C2)n(C)n1. The highest BCUT2D eigenvalue weighted by atomic mass is 19.1. The predicted molar refractivity (Wildman–Crippen MR) is 120 cm³/mol. The van der Waals surface area contributed by atoms with Gasteiger partial charge in [0.2, 0.25) is 5.91 Å². The van der Waals surface area contributed by atoms with E-state index in [2.05, 4.69) is 12.0 Å². The van der Waals surface area contributed by atoms with Crippen molar-refractivity contribution in [2.24, 2.45) is 13.0 Å². The number of ether oxygens (including phenoxy) is 1. The minimum Gasteiger partial charge on any atom is -0.370 e. The molecule has 1 atom stereocenters. The number of hydrogen-bond donors (Lipinski definition) is 0. The Morgan fingerprint density at radius 3 is 2.72 bits per heavy atom. The molecule has 0 N–H and O–H groups in total. The number of rotatable bonds is 8. The monoisotopic (exact) mass is 444 g/mol. The third-order valence-corrected chi connectivity index (χ3v) is 5.49. The van der Waals surface area contributed by atoms with E-state index < -0.39 is 6.10 Å². The lowest BCUT2D eigenvalue weighted by atomic mass is 10.2. The molecule has 0 bridgehead atoms. The van der Waals surface area contributed by atoms with Gasteiger partial charge < -0.3 is 14.5 Å². The zero-order valence-electron chi connectivity index (χ0n) is 19.4. The van der Waals surface area contributed by atoms with E-state index in [1.54, 1.807) is 40.9 Å². The number of aryl methyl sites for hydroxylation is 2. The highest BCUT2D eigenvalue weighted by Crippen LogP contribution is 2.17. The van der Waals surface area contributed by atoms with Gasteiger partial charge in [-0.2, -0.15) is 5.10 Å². The topological polar surface area (TPSA) is 67.7 Å². The van der Waals surface area contributed by atoms with Crippen LogP contribution in [0.2, 0.25) is 0 Å². The van der Waals surface area contributed by atoms with Crippen molar-refractivity contribution < 1.29 is 18.7 Å². The minimum absolute atomic E-state index is 0.0145. The Balaban J connectivity index is 1.80. The lowest BCUT2D eigenvalue weighted by molar-refractivity contribution is -0.132. The summed E-state index contributed by atoms with van der Waals surface area (Å²) in [7, 11) is 1.74. The molecule has 32 heavy (non-hydrogen) atoms. The van der Waals surface area contributed by atoms with Crippen LogP contribution in [0, 0.1) is 11.7 Å². The number of hydrogen-bond acceptors (Lipinski definition) is 4. The first kappa shape index (κ1) is 23.9. The van der Waals surface area contributed by atoms with E-state index in [1.165, 1.54) is 11.0 Å². The predicted octanol–water partition coefficient (Wildman–Crippen LogP) is 3.04. The summed E-state index contributed by atoms with van der Waals surface area (Å²) in [6, 6.07) is 8.26. The molecular formula is C24H33FN4O3. The second-order valence-corrected chi connectivity index (χ2v) is 8.80. The van der Waals surface area contributed by atoms with Gasteiger partial charge in [-0.05, 0) is 24.5 Å². The van der Waals surface area contributed by atoms with Crippen molar-refractivity contribution in [3.63, 3.8) is 0 Å². The molecule has 1 saturated heterocycles. The number of carbonyl (C=O) groups excluding carboxylic acids is 2. The third kappa shape index (κ3) is 5.94. The van der Waals surface area contributed by atoms with Gasteiger partial charge in [0.05, 0.1) is 18.4 Å². The first-order chi connectivity index (χ1) is 15.3. The van der Waals surface area contributed by atoms with Gasteiger partial charge in [-0.1, -0.05) is 45.4 Å². The fourth-order valence-electron chi connectivity index (χ4n) is 3.95. The lowest BCUT2D eigenvalue weighted by Crippen LogP contribution is -2.41. The number of amides is 2. The van der Waals surface area contributed by atoms with Crippen LogP contribution in [-0.2, 0) is 29.6 Å². The van der Waals surface area contributed by atoms with Gasteiger partial charge in [0.25, 0.3) is 5.91 Å². The van der Waals surface area contributed by atoms with Crippen LogP contribution in [-0.4, -0.2) is 63.7 Å². The molecule has 1 aliphatic rings. The summed E-state index contributed by atoms with van der Waals surface area (Å²) in [5, 5.41) is 4.42. The van der Waals surface area contributed by atoms with Gasteiger partial charge in [-0.3, -0.25) is 14.3 Å². The maximum atomic E-state index is 14.1. The Morgan fingerprint density at radius 1 is 1.28 bits per heavy atom. The number of carbonyl (C=O) groups is 2. The molecule has 2 heterocycles. The molecule has 0 saturated carbocycles. The van der Waals surface area contributed by atoms with Crippen molar-refractivity contribution >= 4 is 11.8 Å². The molecule has 1 fully saturated rings. The second-order valence-electron chi connectivity index (χ2n) is 8.80. The van der Waals surface area contributed by atoms with Gasteiger partial charge in [-0.25, -0.2) is 4.39 Å². The van der Waals surface area contributed by atoms with Crippen molar-refractivity contribution in [2.45, 2.75) is 46.3 Å². The Kier molecular flexibility index (Phi) is 8.01. The zero-order chi connectivity index (χ0) is 23.3. The van der Waals surface area contributed by atoms with E-state index in [0.717, 1.165) is 18.5 Å². The number of benzene rings is 1. The van der Waals surface area contributed by atoms with Crippen LogP contribution in [0.3, 0.4) is 0 Å². The van der Waals surface area contributed by atoms with Crippen LogP contribution in [0.5, 0.6) is 0 Å². The smallest absolute Gasteiger partial charge is 0.272 e. The van der Waals surface area contributed by atoms with Gasteiger partial charge in [0, 0.05) is 32.2 Å². The van der Waals surface area contributed by atoms with Gasteiger partial charge in [0.15, 0.2) is 0 Å². The summed E-state index contributed by atoms with van der Waals surface area (Å²) in [6.45, 7) is 7.40. The minimum atomic E-state index is -0.424. The van der Waals surface area contributed by atoms with Crippen molar-refractivity contribution in [3.05, 3.63) is 53.1 Å². The molecule has 8 heteroatoms. The molecule has 0 unspecified atom stereocenters. The molecule has 3 rings (SSSR count). The standard InChI is InChI=1S/C24H33FN4O3/c1-5-8-19-11-22(27(4)26-19)24(31)29-14-20(13-28(12-17(2)3)23(30)15-29)32-16-18-9-6-7-10-21(18)25/h6-7,9-11,17,20H,5,8,12-16H2,1-4H3/t20-/m1/s1. The maximum absolute atomic E-state index is 14.1. The van der Waals surface area contributed by atoms with Crippen LogP contribution in [0.25, 0.3) is 0 Å². The van der Waals surface area contributed by atoms with E-state index in [9.17, 15) is 14.0 Å². The Bertz CT molecular complexity index is 943. The van der Waals surface area contributed by atoms with E-state index in [4.69, 9.17) is 4.74 Å². The molecule has 7 nitrogen and oxygen atoms in total. The highest BCUT2D eigenvalue weighted by molar-refractivity contribution is 5.95. The maximum Gasteiger partial charge on any atom is 0.272 e. The van der Waals surface area contributed by atoms with Crippen molar-refractivity contribution in [1.29, 1.82) is 0 Å². The average Bonchev–Trinajstić information content (AvgIpc) is 3.03. The van der Waals surface area contributed by atoms with Gasteiger partial charge in [0.1, 0.15) is 18.1 Å². The third-order valence-electron chi connectivity index (χ3n) is 5.49. The van der Waals surface area contributed by atoms with E-state index >= 15 is 0 Å². The molecule has 2 aromatic rings. The molecule has 1 aromatic heterocycles. The van der Waals surface area contributed by atoms with Gasteiger partial charge in [-0.15, -0.1) is 0 Å². The largest absolute Gasteiger partial charge is 0.370 e. The van der Waals surface area contributed by atoms with Crippen molar-refractivity contribution in [1.82, 2.24) is 19.6 Å². The van der Waals surface area contributed by atoms with Crippen LogP contribution >= 0.6 is 0 Å².